The molecule has 8 heteroatoms. The number of nitrogens with zero attached hydrogens (tertiary/aromatic N) is 2. The highest BCUT2D eigenvalue weighted by atomic mass is 16.6. The molecule has 1 amide bonds. The van der Waals surface area contributed by atoms with Crippen LogP contribution in [0.2, 0.25) is 0 Å². The van der Waals surface area contributed by atoms with Gasteiger partial charge in [0.2, 0.25) is 5.91 Å². The van der Waals surface area contributed by atoms with Gasteiger partial charge in [0, 0.05) is 32.8 Å². The molecule has 1 aromatic carbocycles. The summed E-state index contributed by atoms with van der Waals surface area (Å²) in [6, 6.07) is 4.25. The van der Waals surface area contributed by atoms with Crippen molar-refractivity contribution in [3.05, 3.63) is 28.3 Å². The third-order valence-corrected chi connectivity index (χ3v) is 2.57. The fourth-order valence-corrected chi connectivity index (χ4v) is 1.47. The van der Waals surface area contributed by atoms with Crippen LogP contribution >= 0.6 is 0 Å². The molecule has 3 N–H and O–H groups in total. The molecule has 8 nitrogen and oxygen atoms in total. The van der Waals surface area contributed by atoms with E-state index in [2.05, 4.69) is 10.6 Å². The van der Waals surface area contributed by atoms with Crippen LogP contribution in [0.15, 0.2) is 18.2 Å². The normalized spacial score (nSPS) is 9.95. The van der Waals surface area contributed by atoms with Crippen LogP contribution in [0.5, 0.6) is 0 Å². The summed E-state index contributed by atoms with van der Waals surface area (Å²) in [5.41, 5.74) is 0.971. The highest BCUT2D eigenvalue weighted by Crippen LogP contribution is 2.26. The second-order valence-electron chi connectivity index (χ2n) is 4.28. The Morgan fingerprint density at radius 2 is 2.05 bits per heavy atom. The van der Waals surface area contributed by atoms with E-state index in [1.165, 1.54) is 23.1 Å². The molecule has 0 fully saturated rings. The van der Waals surface area contributed by atoms with Crippen molar-refractivity contribution in [2.24, 2.45) is 0 Å². The van der Waals surface area contributed by atoms with Gasteiger partial charge in [0.05, 0.1) is 29.4 Å². The van der Waals surface area contributed by atoms with E-state index in [4.69, 9.17) is 5.11 Å². The quantitative estimate of drug-likeness (QED) is 0.496. The molecule has 0 atom stereocenters. The third kappa shape index (κ3) is 4.39. The number of likely N-dealkylation sites (N-methyl/N-ethyl adjacent to an activating group) is 1. The lowest BCUT2D eigenvalue weighted by atomic mass is 10.2. The van der Waals surface area contributed by atoms with Crippen LogP contribution in [-0.2, 0) is 4.79 Å². The lowest BCUT2D eigenvalue weighted by molar-refractivity contribution is -0.384. The smallest absolute Gasteiger partial charge is 0.271 e. The first-order chi connectivity index (χ1) is 9.45. The fraction of sp³-hybridized carbons (Fsp3) is 0.417. The Morgan fingerprint density at radius 1 is 1.35 bits per heavy atom. The standard InChI is InChI=1S/C12H18N4O4/c1-15(2)12(18)8-14-11-7-9(16(19)20)3-4-10(11)13-5-6-17/h3-4,7,13-14,17H,5-6,8H2,1-2H3. The van der Waals surface area contributed by atoms with E-state index >= 15 is 0 Å². The summed E-state index contributed by atoms with van der Waals surface area (Å²) in [6.45, 7) is 0.281. The van der Waals surface area contributed by atoms with Crippen LogP contribution in [0.3, 0.4) is 0 Å². The molecule has 0 saturated carbocycles. The monoisotopic (exact) mass is 282 g/mol. The number of nitro benzene ring substituents is 1. The maximum absolute atomic E-state index is 11.5. The second kappa shape index (κ2) is 7.29. The topological polar surface area (TPSA) is 108 Å². The molecule has 0 saturated heterocycles. The molecular weight excluding hydrogens is 264 g/mol. The average molecular weight is 282 g/mol. The van der Waals surface area contributed by atoms with Crippen LogP contribution in [0.4, 0.5) is 17.1 Å². The summed E-state index contributed by atoms with van der Waals surface area (Å²) in [5.74, 6) is -0.149. The Kier molecular flexibility index (Phi) is 5.73. The number of rotatable bonds is 7. The molecule has 0 aromatic heterocycles. The van der Waals surface area contributed by atoms with E-state index in [1.807, 2.05) is 0 Å². The Labute approximate surface area is 116 Å². The van der Waals surface area contributed by atoms with Crippen molar-refractivity contribution in [1.82, 2.24) is 4.90 Å². The predicted molar refractivity (Wildman–Crippen MR) is 75.9 cm³/mol. The van der Waals surface area contributed by atoms with Crippen LogP contribution in [0.1, 0.15) is 0 Å². The van der Waals surface area contributed by atoms with Crippen molar-refractivity contribution in [3.63, 3.8) is 0 Å². The minimum absolute atomic E-state index is 0.0297. The molecule has 0 spiro atoms. The maximum atomic E-state index is 11.5. The summed E-state index contributed by atoms with van der Waals surface area (Å²) in [5, 5.41) is 25.3. The molecule has 1 rings (SSSR count). The minimum atomic E-state index is -0.505. The van der Waals surface area contributed by atoms with Crippen LogP contribution < -0.4 is 10.6 Å². The van der Waals surface area contributed by atoms with E-state index in [0.29, 0.717) is 17.9 Å². The van der Waals surface area contributed by atoms with E-state index in [9.17, 15) is 14.9 Å². The lowest BCUT2D eigenvalue weighted by Gasteiger charge is -2.15. The first-order valence-corrected chi connectivity index (χ1v) is 6.03. The van der Waals surface area contributed by atoms with Crippen LogP contribution in [0.25, 0.3) is 0 Å². The number of nitro groups is 1. The van der Waals surface area contributed by atoms with Crippen LogP contribution in [-0.4, -0.2) is 54.6 Å². The molecule has 0 aliphatic rings. The molecule has 0 unspecified atom stereocenters. The van der Waals surface area contributed by atoms with E-state index in [1.54, 1.807) is 14.1 Å². The number of aliphatic hydroxyl groups excluding tert-OH is 1. The van der Waals surface area contributed by atoms with Gasteiger partial charge in [-0.15, -0.1) is 0 Å². The molecule has 0 aliphatic carbocycles. The number of carbonyl (C=O) groups excluding carboxylic acids is 1. The van der Waals surface area contributed by atoms with Gasteiger partial charge in [-0.25, -0.2) is 0 Å². The molecule has 110 valence electrons. The molecule has 0 bridgehead atoms. The zero-order valence-electron chi connectivity index (χ0n) is 11.4. The Hall–Kier alpha value is -2.35. The summed E-state index contributed by atoms with van der Waals surface area (Å²) < 4.78 is 0. The summed E-state index contributed by atoms with van der Waals surface area (Å²) in [6.07, 6.45) is 0. The lowest BCUT2D eigenvalue weighted by Crippen LogP contribution is -2.28. The third-order valence-electron chi connectivity index (χ3n) is 2.57. The molecule has 20 heavy (non-hydrogen) atoms. The highest BCUT2D eigenvalue weighted by molar-refractivity contribution is 5.82. The Balaban J connectivity index is 2.89. The molecule has 1 aromatic rings. The Bertz CT molecular complexity index is 490. The van der Waals surface area contributed by atoms with Gasteiger partial charge in [0.1, 0.15) is 0 Å². The number of aliphatic hydroxyl groups is 1. The first kappa shape index (κ1) is 15.7. The summed E-state index contributed by atoms with van der Waals surface area (Å²) in [4.78, 5) is 23.2. The zero-order valence-corrected chi connectivity index (χ0v) is 11.4. The number of hydrogen-bond acceptors (Lipinski definition) is 6. The van der Waals surface area contributed by atoms with Gasteiger partial charge in [0.25, 0.3) is 5.69 Å². The fourth-order valence-electron chi connectivity index (χ4n) is 1.47. The Morgan fingerprint density at radius 3 is 2.60 bits per heavy atom. The van der Waals surface area contributed by atoms with E-state index < -0.39 is 4.92 Å². The van der Waals surface area contributed by atoms with Gasteiger partial charge in [-0.1, -0.05) is 0 Å². The van der Waals surface area contributed by atoms with Crippen molar-refractivity contribution in [1.29, 1.82) is 0 Å². The number of hydrogen-bond donors (Lipinski definition) is 3. The maximum Gasteiger partial charge on any atom is 0.271 e. The van der Waals surface area contributed by atoms with E-state index in [0.717, 1.165) is 0 Å². The number of nitrogens with one attached hydrogen (secondary N) is 2. The van der Waals surface area contributed by atoms with Gasteiger partial charge >= 0.3 is 0 Å². The van der Waals surface area contributed by atoms with Crippen molar-refractivity contribution < 1.29 is 14.8 Å². The number of amides is 1. The zero-order chi connectivity index (χ0) is 15.1. The largest absolute Gasteiger partial charge is 0.395 e. The number of non-ortho nitro benzene ring substituents is 1. The van der Waals surface area contributed by atoms with Crippen molar-refractivity contribution in [3.8, 4) is 0 Å². The number of anilines is 2. The van der Waals surface area contributed by atoms with Gasteiger partial charge in [-0.2, -0.15) is 0 Å². The average Bonchev–Trinajstić information content (AvgIpc) is 2.42. The summed E-state index contributed by atoms with van der Waals surface area (Å²) >= 11 is 0. The molecule has 0 heterocycles. The van der Waals surface area contributed by atoms with Gasteiger partial charge < -0.3 is 20.6 Å². The molecular formula is C12H18N4O4. The first-order valence-electron chi connectivity index (χ1n) is 6.03. The van der Waals surface area contributed by atoms with Crippen molar-refractivity contribution in [2.75, 3.05) is 44.4 Å². The highest BCUT2D eigenvalue weighted by Gasteiger charge is 2.12. The predicted octanol–water partition coefficient (Wildman–Crippen LogP) is 0.499. The van der Waals surface area contributed by atoms with Gasteiger partial charge in [-0.3, -0.25) is 14.9 Å². The van der Waals surface area contributed by atoms with Crippen molar-refractivity contribution >= 4 is 23.0 Å². The second-order valence-corrected chi connectivity index (χ2v) is 4.28. The van der Waals surface area contributed by atoms with Gasteiger partial charge in [0.15, 0.2) is 0 Å². The molecule has 0 aliphatic heterocycles. The number of benzene rings is 1. The van der Waals surface area contributed by atoms with E-state index in [-0.39, 0.29) is 24.7 Å². The summed E-state index contributed by atoms with van der Waals surface area (Å²) in [7, 11) is 3.25. The van der Waals surface area contributed by atoms with Crippen LogP contribution in [0, 0.1) is 10.1 Å². The van der Waals surface area contributed by atoms with Crippen molar-refractivity contribution in [2.45, 2.75) is 0 Å². The van der Waals surface area contributed by atoms with Gasteiger partial charge in [-0.05, 0) is 6.07 Å². The number of carbonyl (C=O) groups is 1. The molecule has 0 radical (unpaired) electrons. The minimum Gasteiger partial charge on any atom is -0.395 e. The SMILES string of the molecule is CN(C)C(=O)CNc1cc([N+](=O)[O-])ccc1NCCO.